The van der Waals surface area contributed by atoms with Crippen LogP contribution in [-0.2, 0) is 0 Å². The molecule has 1 atom stereocenters. The second kappa shape index (κ2) is 2.68. The maximum atomic E-state index is 5.62. The Morgan fingerprint density at radius 2 is 2.42 bits per heavy atom. The zero-order valence-electron chi connectivity index (χ0n) is 7.00. The lowest BCUT2D eigenvalue weighted by molar-refractivity contribution is 0.169. The molecule has 0 radical (unpaired) electrons. The molecule has 0 saturated carbocycles. The molecular formula is C9H12N2O. The Balaban J connectivity index is 2.46. The largest absolute Gasteiger partial charge is 0.408 e. The fourth-order valence-electron chi connectivity index (χ4n) is 1.40. The van der Waals surface area contributed by atoms with Gasteiger partial charge in [0.15, 0.2) is 5.75 Å². The molecule has 0 saturated heterocycles. The van der Waals surface area contributed by atoms with E-state index in [-0.39, 0.29) is 0 Å². The van der Waals surface area contributed by atoms with Gasteiger partial charge in [0.25, 0.3) is 0 Å². The average molecular weight is 164 g/mol. The standard InChI is InChI=1S/C9H12N2O/c1-6-5-11-12-9-4-7(10)2-3-8(6)9/h2-4,6,11H,5,10H2,1H3. The van der Waals surface area contributed by atoms with E-state index in [1.807, 2.05) is 18.2 Å². The topological polar surface area (TPSA) is 47.3 Å². The van der Waals surface area contributed by atoms with Crippen LogP contribution >= 0.6 is 0 Å². The van der Waals surface area contributed by atoms with Crippen molar-refractivity contribution in [2.24, 2.45) is 0 Å². The van der Waals surface area contributed by atoms with Crippen LogP contribution in [0.1, 0.15) is 18.4 Å². The van der Waals surface area contributed by atoms with E-state index in [4.69, 9.17) is 10.6 Å². The van der Waals surface area contributed by atoms with Crippen molar-refractivity contribution in [1.29, 1.82) is 0 Å². The Labute approximate surface area is 71.5 Å². The lowest BCUT2D eigenvalue weighted by Crippen LogP contribution is -2.29. The van der Waals surface area contributed by atoms with Crippen molar-refractivity contribution in [2.75, 3.05) is 12.3 Å². The van der Waals surface area contributed by atoms with E-state index in [1.54, 1.807) is 0 Å². The van der Waals surface area contributed by atoms with E-state index in [2.05, 4.69) is 12.4 Å². The third-order valence-electron chi connectivity index (χ3n) is 2.14. The number of rotatable bonds is 0. The third kappa shape index (κ3) is 1.12. The molecule has 12 heavy (non-hydrogen) atoms. The Morgan fingerprint density at radius 1 is 1.58 bits per heavy atom. The fraction of sp³-hybridized carbons (Fsp3) is 0.333. The molecule has 3 nitrogen and oxygen atoms in total. The number of nitrogens with two attached hydrogens (primary N) is 1. The molecule has 0 amide bonds. The summed E-state index contributed by atoms with van der Waals surface area (Å²) in [6, 6.07) is 5.78. The number of nitrogen functional groups attached to an aromatic ring is 1. The van der Waals surface area contributed by atoms with Crippen LogP contribution in [0.25, 0.3) is 0 Å². The highest BCUT2D eigenvalue weighted by Gasteiger charge is 2.16. The Kier molecular flexibility index (Phi) is 1.66. The van der Waals surface area contributed by atoms with Crippen molar-refractivity contribution in [3.05, 3.63) is 23.8 Å². The number of nitrogens with one attached hydrogen (secondary N) is 1. The molecular weight excluding hydrogens is 152 g/mol. The maximum Gasteiger partial charge on any atom is 0.152 e. The first-order valence-corrected chi connectivity index (χ1v) is 4.06. The van der Waals surface area contributed by atoms with Crippen LogP contribution in [0.4, 0.5) is 5.69 Å². The normalized spacial score (nSPS) is 21.2. The van der Waals surface area contributed by atoms with E-state index in [0.717, 1.165) is 18.0 Å². The first kappa shape index (κ1) is 7.43. The molecule has 1 aliphatic rings. The van der Waals surface area contributed by atoms with E-state index in [9.17, 15) is 0 Å². The van der Waals surface area contributed by atoms with Crippen molar-refractivity contribution < 1.29 is 4.84 Å². The number of hydrogen-bond donors (Lipinski definition) is 2. The monoisotopic (exact) mass is 164 g/mol. The molecule has 0 bridgehead atoms. The molecule has 2 rings (SSSR count). The number of benzene rings is 1. The van der Waals surface area contributed by atoms with Gasteiger partial charge in [-0.15, -0.1) is 0 Å². The van der Waals surface area contributed by atoms with Gasteiger partial charge < -0.3 is 10.6 Å². The predicted octanol–water partition coefficient (Wildman–Crippen LogP) is 1.27. The third-order valence-corrected chi connectivity index (χ3v) is 2.14. The maximum absolute atomic E-state index is 5.62. The van der Waals surface area contributed by atoms with Gasteiger partial charge >= 0.3 is 0 Å². The lowest BCUT2D eigenvalue weighted by atomic mass is 9.99. The molecule has 0 spiro atoms. The van der Waals surface area contributed by atoms with Gasteiger partial charge in [0.1, 0.15) is 0 Å². The molecule has 1 unspecified atom stereocenters. The molecule has 0 fully saturated rings. The Morgan fingerprint density at radius 3 is 3.25 bits per heavy atom. The number of fused-ring (bicyclic) bond motifs is 1. The summed E-state index contributed by atoms with van der Waals surface area (Å²) in [6.45, 7) is 3.02. The lowest BCUT2D eigenvalue weighted by Gasteiger charge is -2.23. The van der Waals surface area contributed by atoms with E-state index in [1.165, 1.54) is 5.56 Å². The summed E-state index contributed by atoms with van der Waals surface area (Å²) < 4.78 is 0. The molecule has 3 heteroatoms. The molecule has 1 aromatic carbocycles. The first-order chi connectivity index (χ1) is 5.77. The van der Waals surface area contributed by atoms with Crippen molar-refractivity contribution in [1.82, 2.24) is 5.48 Å². The van der Waals surface area contributed by atoms with Crippen LogP contribution in [0.15, 0.2) is 18.2 Å². The van der Waals surface area contributed by atoms with Crippen LogP contribution in [0.3, 0.4) is 0 Å². The minimum atomic E-state index is 0.495. The van der Waals surface area contributed by atoms with Crippen molar-refractivity contribution in [3.8, 4) is 5.75 Å². The van der Waals surface area contributed by atoms with E-state index in [0.29, 0.717) is 5.92 Å². The molecule has 0 aromatic heterocycles. The van der Waals surface area contributed by atoms with Gasteiger partial charge in [0, 0.05) is 29.8 Å². The fourth-order valence-corrected chi connectivity index (χ4v) is 1.40. The highest BCUT2D eigenvalue weighted by atomic mass is 16.6. The van der Waals surface area contributed by atoms with Crippen molar-refractivity contribution in [3.63, 3.8) is 0 Å². The van der Waals surface area contributed by atoms with Crippen LogP contribution in [0, 0.1) is 0 Å². The summed E-state index contributed by atoms with van der Waals surface area (Å²) in [5.41, 5.74) is 10.4. The predicted molar refractivity (Wildman–Crippen MR) is 47.9 cm³/mol. The zero-order valence-corrected chi connectivity index (χ0v) is 7.00. The highest BCUT2D eigenvalue weighted by molar-refractivity contribution is 5.50. The SMILES string of the molecule is CC1CNOc2cc(N)ccc21. The molecule has 1 aliphatic heterocycles. The second-order valence-electron chi connectivity index (χ2n) is 3.15. The molecule has 1 heterocycles. The zero-order chi connectivity index (χ0) is 8.55. The minimum Gasteiger partial charge on any atom is -0.408 e. The molecule has 1 aromatic rings. The number of anilines is 1. The van der Waals surface area contributed by atoms with Gasteiger partial charge in [-0.25, -0.2) is 0 Å². The number of hydrogen-bond acceptors (Lipinski definition) is 3. The second-order valence-corrected chi connectivity index (χ2v) is 3.15. The highest BCUT2D eigenvalue weighted by Crippen LogP contribution is 2.30. The van der Waals surface area contributed by atoms with Crippen LogP contribution in [0.2, 0.25) is 0 Å². The molecule has 64 valence electrons. The van der Waals surface area contributed by atoms with Crippen LogP contribution < -0.4 is 16.1 Å². The van der Waals surface area contributed by atoms with Gasteiger partial charge in [0.2, 0.25) is 0 Å². The minimum absolute atomic E-state index is 0.495. The smallest absolute Gasteiger partial charge is 0.152 e. The Hall–Kier alpha value is -1.22. The van der Waals surface area contributed by atoms with Crippen LogP contribution in [-0.4, -0.2) is 6.54 Å². The van der Waals surface area contributed by atoms with Gasteiger partial charge in [-0.1, -0.05) is 13.0 Å². The summed E-state index contributed by atoms with van der Waals surface area (Å²) in [5, 5.41) is 0. The summed E-state index contributed by atoms with van der Waals surface area (Å²) >= 11 is 0. The van der Waals surface area contributed by atoms with Gasteiger partial charge in [-0.3, -0.25) is 0 Å². The van der Waals surface area contributed by atoms with E-state index >= 15 is 0 Å². The quantitative estimate of drug-likeness (QED) is 0.568. The van der Waals surface area contributed by atoms with Crippen molar-refractivity contribution >= 4 is 5.69 Å². The van der Waals surface area contributed by atoms with Gasteiger partial charge in [-0.2, -0.15) is 5.48 Å². The summed E-state index contributed by atoms with van der Waals surface area (Å²) in [6.07, 6.45) is 0. The summed E-state index contributed by atoms with van der Waals surface area (Å²) in [4.78, 5) is 5.24. The van der Waals surface area contributed by atoms with E-state index < -0.39 is 0 Å². The Bertz CT molecular complexity index is 299. The summed E-state index contributed by atoms with van der Waals surface area (Å²) in [7, 11) is 0. The first-order valence-electron chi connectivity index (χ1n) is 4.06. The molecule has 0 aliphatic carbocycles. The molecule has 3 N–H and O–H groups in total. The van der Waals surface area contributed by atoms with Crippen LogP contribution in [0.5, 0.6) is 5.75 Å². The number of hydroxylamine groups is 1. The van der Waals surface area contributed by atoms with Gasteiger partial charge in [0.05, 0.1) is 0 Å². The van der Waals surface area contributed by atoms with Gasteiger partial charge in [-0.05, 0) is 6.07 Å². The average Bonchev–Trinajstić information content (AvgIpc) is 2.04. The summed E-state index contributed by atoms with van der Waals surface area (Å²) in [5.74, 6) is 1.35. The van der Waals surface area contributed by atoms with Crippen molar-refractivity contribution in [2.45, 2.75) is 12.8 Å².